The standard InChI is InChI=1S/C15H24N3O2.C14H22O2.O.V/c1-3-18(4-2)14-6-5-13(15(20)11-14)12-17-8-7-16-9-10-19;1-13(2,3)9-7-10(14(4,5)6)12(16)11(15)8-9;;/h5-6,11-12,19-20H,3-4,7-10H2,1-2H3;7-8,15-16H,1-6H3;;/q-1;;;. The Kier molecular flexibility index (Phi) is 16.2. The zero-order valence-corrected chi connectivity index (χ0v) is 25.6. The van der Waals surface area contributed by atoms with Crippen LogP contribution < -0.4 is 4.90 Å². The fourth-order valence-corrected chi connectivity index (χ4v) is 3.52. The molecule has 0 fully saturated rings. The Morgan fingerprint density at radius 3 is 1.97 bits per heavy atom. The van der Waals surface area contributed by atoms with Crippen molar-refractivity contribution in [3.8, 4) is 17.2 Å². The molecule has 38 heavy (non-hydrogen) atoms. The number of phenolic OH excluding ortho intramolecular Hbond substituents is 3. The summed E-state index contributed by atoms with van der Waals surface area (Å²) in [6, 6.07) is 9.26. The van der Waals surface area contributed by atoms with Gasteiger partial charge in [-0.3, -0.25) is 4.99 Å². The van der Waals surface area contributed by atoms with E-state index in [1.807, 2.05) is 39.0 Å². The molecule has 9 heteroatoms. The quantitative estimate of drug-likeness (QED) is 0.178. The van der Waals surface area contributed by atoms with E-state index in [1.54, 1.807) is 18.3 Å². The van der Waals surface area contributed by atoms with Crippen LogP contribution in [0, 0.1) is 0 Å². The Morgan fingerprint density at radius 1 is 0.895 bits per heavy atom. The van der Waals surface area contributed by atoms with Crippen molar-refractivity contribution in [1.29, 1.82) is 0 Å². The second kappa shape index (κ2) is 17.3. The Morgan fingerprint density at radius 2 is 1.50 bits per heavy atom. The number of nitrogens with zero attached hydrogens (tertiary/aromatic N) is 3. The second-order valence-corrected chi connectivity index (χ2v) is 10.7. The van der Waals surface area contributed by atoms with E-state index in [0.29, 0.717) is 25.2 Å². The minimum atomic E-state index is -0.178. The summed E-state index contributed by atoms with van der Waals surface area (Å²) in [6.45, 7) is 20.0. The number of anilines is 1. The normalized spacial score (nSPS) is 11.4. The van der Waals surface area contributed by atoms with Crippen molar-refractivity contribution >= 4 is 11.9 Å². The molecule has 0 aromatic heterocycles. The SMILES string of the molecule is CC(C)(C)c1cc(O)c(O)c(C(C)(C)C)c1.CCN(CC)c1ccc(C=NCC[N-]CCO)c(O)c1.[O]=[V]. The van der Waals surface area contributed by atoms with Crippen LogP contribution in [0.3, 0.4) is 0 Å². The predicted octanol–water partition coefficient (Wildman–Crippen LogP) is 5.59. The number of aliphatic hydroxyl groups excluding tert-OH is 1. The Balaban J connectivity index is 0.000000690. The van der Waals surface area contributed by atoms with E-state index in [2.05, 4.69) is 49.8 Å². The summed E-state index contributed by atoms with van der Waals surface area (Å²) in [7, 11) is 0. The van der Waals surface area contributed by atoms with Crippen LogP contribution in [-0.4, -0.2) is 66.0 Å². The number of hydrogen-bond donors (Lipinski definition) is 4. The molecule has 0 atom stereocenters. The van der Waals surface area contributed by atoms with E-state index in [1.165, 1.54) is 0 Å². The van der Waals surface area contributed by atoms with E-state index in [-0.39, 0.29) is 34.7 Å². The summed E-state index contributed by atoms with van der Waals surface area (Å²) < 4.78 is 8.19. The number of rotatable bonds is 9. The average Bonchev–Trinajstić information content (AvgIpc) is 2.85. The third-order valence-electron chi connectivity index (χ3n) is 5.78. The van der Waals surface area contributed by atoms with E-state index in [0.717, 1.165) is 47.3 Å². The molecule has 0 aliphatic rings. The molecule has 213 valence electrons. The number of hydrogen-bond acceptors (Lipinski definition) is 7. The van der Waals surface area contributed by atoms with Crippen LogP contribution in [0.15, 0.2) is 35.3 Å². The first kappa shape index (κ1) is 35.6. The summed E-state index contributed by atoms with van der Waals surface area (Å²) in [4.78, 5) is 6.39. The van der Waals surface area contributed by atoms with E-state index >= 15 is 0 Å². The van der Waals surface area contributed by atoms with Gasteiger partial charge in [-0.15, -0.1) is 13.1 Å². The zero-order chi connectivity index (χ0) is 29.5. The van der Waals surface area contributed by atoms with Crippen molar-refractivity contribution in [2.45, 2.75) is 66.2 Å². The number of aliphatic hydroxyl groups is 1. The molecule has 0 heterocycles. The van der Waals surface area contributed by atoms with Gasteiger partial charge in [0.25, 0.3) is 0 Å². The van der Waals surface area contributed by atoms with E-state index in [9.17, 15) is 15.3 Å². The molecule has 0 unspecified atom stereocenters. The summed E-state index contributed by atoms with van der Waals surface area (Å²) in [5.41, 5.74) is 3.34. The Hall–Kier alpha value is -2.39. The molecule has 4 N–H and O–H groups in total. The molecule has 0 bridgehead atoms. The third kappa shape index (κ3) is 12.0. The number of phenols is 3. The van der Waals surface area contributed by atoms with E-state index in [4.69, 9.17) is 8.78 Å². The monoisotopic (exact) mass is 567 g/mol. The van der Waals surface area contributed by atoms with Crippen LogP contribution in [0.1, 0.15) is 72.1 Å². The molecule has 0 aliphatic carbocycles. The summed E-state index contributed by atoms with van der Waals surface area (Å²) in [5, 5.41) is 42.3. The molecular weight excluding hydrogens is 521 g/mol. The van der Waals surface area contributed by atoms with Crippen LogP contribution in [0.5, 0.6) is 17.2 Å². The average molecular weight is 568 g/mol. The fraction of sp³-hybridized carbons (Fsp3) is 0.552. The molecule has 0 amide bonds. The van der Waals surface area contributed by atoms with Gasteiger partial charge in [0.15, 0.2) is 11.5 Å². The first-order valence-electron chi connectivity index (χ1n) is 12.8. The Labute approximate surface area is 238 Å². The van der Waals surface area contributed by atoms with Crippen LogP contribution in [-0.2, 0) is 31.9 Å². The van der Waals surface area contributed by atoms with Gasteiger partial charge >= 0.3 is 21.0 Å². The molecule has 0 radical (unpaired) electrons. The predicted molar refractivity (Wildman–Crippen MR) is 152 cm³/mol. The van der Waals surface area contributed by atoms with Crippen molar-refractivity contribution in [2.24, 2.45) is 4.99 Å². The second-order valence-electron chi connectivity index (χ2n) is 10.7. The van der Waals surface area contributed by atoms with Gasteiger partial charge in [0.05, 0.1) is 0 Å². The molecule has 0 saturated heterocycles. The van der Waals surface area contributed by atoms with Gasteiger partial charge in [-0.1, -0.05) is 47.6 Å². The topological polar surface area (TPSA) is 128 Å². The summed E-state index contributed by atoms with van der Waals surface area (Å²) in [6.07, 6.45) is 1.66. The number of aliphatic imine (C=N–C) groups is 1. The maximum absolute atomic E-state index is 10.00. The molecule has 0 aliphatic heterocycles. The van der Waals surface area contributed by atoms with Crippen molar-refractivity contribution < 1.29 is 41.5 Å². The molecule has 8 nitrogen and oxygen atoms in total. The van der Waals surface area contributed by atoms with Gasteiger partial charge in [-0.05, 0) is 48.4 Å². The first-order chi connectivity index (χ1) is 17.8. The van der Waals surface area contributed by atoms with Gasteiger partial charge in [-0.25, -0.2) is 0 Å². The summed E-state index contributed by atoms with van der Waals surface area (Å²) >= 11 is 1.06. The zero-order valence-electron chi connectivity index (χ0n) is 24.2. The molecule has 2 aromatic rings. The van der Waals surface area contributed by atoms with E-state index < -0.39 is 0 Å². The maximum atomic E-state index is 10.00. The number of benzene rings is 2. The minimum absolute atomic E-state index is 0.000463. The molecule has 0 saturated carbocycles. The first-order valence-corrected chi connectivity index (χ1v) is 13.4. The van der Waals surface area contributed by atoms with Gasteiger partial charge < -0.3 is 30.6 Å². The molecule has 0 spiro atoms. The number of aromatic hydroxyl groups is 3. The van der Waals surface area contributed by atoms with Crippen LogP contribution >= 0.6 is 0 Å². The van der Waals surface area contributed by atoms with Crippen LogP contribution in [0.2, 0.25) is 0 Å². The third-order valence-corrected chi connectivity index (χ3v) is 5.78. The van der Waals surface area contributed by atoms with Crippen molar-refractivity contribution in [3.63, 3.8) is 0 Å². The van der Waals surface area contributed by atoms with Gasteiger partial charge in [0, 0.05) is 55.3 Å². The van der Waals surface area contributed by atoms with Gasteiger partial charge in [0.2, 0.25) is 0 Å². The Bertz CT molecular complexity index is 997. The van der Waals surface area contributed by atoms with Crippen molar-refractivity contribution in [2.75, 3.05) is 44.2 Å². The van der Waals surface area contributed by atoms with Crippen molar-refractivity contribution in [3.05, 3.63) is 52.3 Å². The molecule has 2 rings (SSSR count). The fourth-order valence-electron chi connectivity index (χ4n) is 3.52. The molecular formula is C29H46N3O5V-. The van der Waals surface area contributed by atoms with Crippen molar-refractivity contribution in [1.82, 2.24) is 0 Å². The summed E-state index contributed by atoms with van der Waals surface area (Å²) in [5.74, 6) is 0.211. The van der Waals surface area contributed by atoms with Gasteiger partial charge in [-0.2, -0.15) is 0 Å². The van der Waals surface area contributed by atoms with Crippen LogP contribution in [0.25, 0.3) is 5.32 Å². The van der Waals surface area contributed by atoms with Crippen LogP contribution in [0.4, 0.5) is 5.69 Å². The molecule has 2 aromatic carbocycles. The van der Waals surface area contributed by atoms with Gasteiger partial charge in [0.1, 0.15) is 5.75 Å².